The lowest BCUT2D eigenvalue weighted by atomic mass is 10.3. The number of amides is 2. The molecule has 0 aromatic carbocycles. The number of aromatic nitrogens is 1. The zero-order chi connectivity index (χ0) is 12.5. The van der Waals surface area contributed by atoms with E-state index in [1.54, 1.807) is 19.4 Å². The molecule has 1 aromatic rings. The first-order valence-electron chi connectivity index (χ1n) is 5.26. The molecule has 0 aliphatic carbocycles. The molecule has 1 rings (SSSR count). The maximum Gasteiger partial charge on any atom is 0.322 e. The molecule has 0 radical (unpaired) electrons. The molecular weight excluding hydrogens is 222 g/mol. The first-order valence-corrected chi connectivity index (χ1v) is 5.26. The molecule has 0 unspecified atom stereocenters. The molecule has 17 heavy (non-hydrogen) atoms. The minimum atomic E-state index is -0.348. The Morgan fingerprint density at radius 3 is 2.88 bits per heavy atom. The fourth-order valence-electron chi connectivity index (χ4n) is 1.03. The van der Waals surface area contributed by atoms with Gasteiger partial charge in [-0.15, -0.1) is 0 Å². The van der Waals surface area contributed by atoms with Crippen molar-refractivity contribution in [1.29, 1.82) is 0 Å². The van der Waals surface area contributed by atoms with Gasteiger partial charge in [0.1, 0.15) is 12.5 Å². The Balaban J connectivity index is 2.18. The first kappa shape index (κ1) is 13.4. The van der Waals surface area contributed by atoms with E-state index in [1.165, 1.54) is 0 Å². The number of nitrogens with zero attached hydrogens (tertiary/aromatic N) is 1. The van der Waals surface area contributed by atoms with Crippen LogP contribution in [0.1, 0.15) is 5.56 Å². The minimum absolute atomic E-state index is 0.140. The van der Waals surface area contributed by atoms with Crippen molar-refractivity contribution in [3.8, 4) is 0 Å². The Morgan fingerprint density at radius 2 is 2.24 bits per heavy atom. The molecule has 0 atom stereocenters. The summed E-state index contributed by atoms with van der Waals surface area (Å²) in [7, 11) is 1.59. The predicted octanol–water partition coefficient (Wildman–Crippen LogP) is 1.13. The van der Waals surface area contributed by atoms with E-state index in [1.807, 2.05) is 13.0 Å². The van der Waals surface area contributed by atoms with Crippen molar-refractivity contribution in [3.05, 3.63) is 23.9 Å². The van der Waals surface area contributed by atoms with Gasteiger partial charge in [-0.05, 0) is 18.6 Å². The summed E-state index contributed by atoms with van der Waals surface area (Å²) in [5.74, 6) is 0.505. The van der Waals surface area contributed by atoms with Crippen LogP contribution in [0.4, 0.5) is 10.6 Å². The van der Waals surface area contributed by atoms with E-state index >= 15 is 0 Å². The summed E-state index contributed by atoms with van der Waals surface area (Å²) in [6.07, 6.45) is 1.69. The van der Waals surface area contributed by atoms with Crippen LogP contribution in [0.25, 0.3) is 0 Å². The average molecular weight is 239 g/mol. The van der Waals surface area contributed by atoms with Gasteiger partial charge >= 0.3 is 6.03 Å². The third kappa shape index (κ3) is 5.84. The highest BCUT2D eigenvalue weighted by Crippen LogP contribution is 2.02. The van der Waals surface area contributed by atoms with Crippen LogP contribution >= 0.6 is 0 Å². The van der Waals surface area contributed by atoms with E-state index in [9.17, 15) is 4.79 Å². The van der Waals surface area contributed by atoms with Crippen molar-refractivity contribution in [1.82, 2.24) is 10.3 Å². The van der Waals surface area contributed by atoms with Crippen molar-refractivity contribution < 1.29 is 14.3 Å². The van der Waals surface area contributed by atoms with E-state index in [2.05, 4.69) is 15.6 Å². The Morgan fingerprint density at radius 1 is 1.41 bits per heavy atom. The highest BCUT2D eigenvalue weighted by molar-refractivity contribution is 5.87. The molecule has 6 nitrogen and oxygen atoms in total. The number of rotatable bonds is 6. The van der Waals surface area contributed by atoms with Gasteiger partial charge in [-0.3, -0.25) is 5.32 Å². The molecule has 0 saturated carbocycles. The van der Waals surface area contributed by atoms with Crippen LogP contribution in [0.2, 0.25) is 0 Å². The van der Waals surface area contributed by atoms with Gasteiger partial charge in [0.25, 0.3) is 0 Å². The second-order valence-electron chi connectivity index (χ2n) is 3.40. The molecule has 0 aliphatic heterocycles. The Hall–Kier alpha value is -1.66. The number of methoxy groups -OCH3 is 1. The monoisotopic (exact) mass is 239 g/mol. The van der Waals surface area contributed by atoms with E-state index in [0.717, 1.165) is 5.56 Å². The Labute approximate surface area is 100 Å². The number of hydrogen-bond donors (Lipinski definition) is 2. The van der Waals surface area contributed by atoms with Gasteiger partial charge in [-0.1, -0.05) is 6.07 Å². The van der Waals surface area contributed by atoms with Crippen molar-refractivity contribution in [2.45, 2.75) is 6.92 Å². The summed E-state index contributed by atoms with van der Waals surface area (Å²) < 4.78 is 9.88. The fourth-order valence-corrected chi connectivity index (χ4v) is 1.03. The number of ether oxygens (including phenoxy) is 2. The van der Waals surface area contributed by atoms with Gasteiger partial charge in [0.15, 0.2) is 0 Å². The second-order valence-corrected chi connectivity index (χ2v) is 3.40. The van der Waals surface area contributed by atoms with E-state index in [0.29, 0.717) is 19.0 Å². The Kier molecular flexibility index (Phi) is 5.98. The Bertz CT molecular complexity index is 340. The van der Waals surface area contributed by atoms with Crippen molar-refractivity contribution >= 4 is 11.8 Å². The second kappa shape index (κ2) is 7.59. The molecule has 2 amide bonds. The summed E-state index contributed by atoms with van der Waals surface area (Å²) in [4.78, 5) is 15.4. The van der Waals surface area contributed by atoms with Crippen LogP contribution in [-0.2, 0) is 9.47 Å². The van der Waals surface area contributed by atoms with E-state index in [4.69, 9.17) is 9.47 Å². The van der Waals surface area contributed by atoms with Crippen LogP contribution in [0.15, 0.2) is 18.3 Å². The minimum Gasteiger partial charge on any atom is -0.382 e. The van der Waals surface area contributed by atoms with Gasteiger partial charge in [0.2, 0.25) is 0 Å². The third-order valence-corrected chi connectivity index (χ3v) is 1.92. The van der Waals surface area contributed by atoms with Crippen LogP contribution in [0.5, 0.6) is 0 Å². The first-order chi connectivity index (χ1) is 8.22. The van der Waals surface area contributed by atoms with Gasteiger partial charge in [-0.2, -0.15) is 0 Å². The van der Waals surface area contributed by atoms with Crippen molar-refractivity contribution in [2.24, 2.45) is 0 Å². The highest BCUT2D eigenvalue weighted by atomic mass is 16.5. The number of aryl methyl sites for hydroxylation is 1. The number of hydrogen-bond acceptors (Lipinski definition) is 4. The predicted molar refractivity (Wildman–Crippen MR) is 63.8 cm³/mol. The number of nitrogens with one attached hydrogen (secondary N) is 2. The van der Waals surface area contributed by atoms with Crippen LogP contribution in [0.3, 0.4) is 0 Å². The molecule has 0 saturated heterocycles. The van der Waals surface area contributed by atoms with E-state index < -0.39 is 0 Å². The summed E-state index contributed by atoms with van der Waals surface area (Å²) in [6.45, 7) is 3.02. The highest BCUT2D eigenvalue weighted by Gasteiger charge is 2.01. The number of urea groups is 1. The largest absolute Gasteiger partial charge is 0.382 e. The zero-order valence-corrected chi connectivity index (χ0v) is 10.0. The average Bonchev–Trinajstić information content (AvgIpc) is 2.32. The zero-order valence-electron chi connectivity index (χ0n) is 10.0. The van der Waals surface area contributed by atoms with Crippen LogP contribution < -0.4 is 10.6 Å². The van der Waals surface area contributed by atoms with Gasteiger partial charge in [0, 0.05) is 13.3 Å². The fraction of sp³-hybridized carbons (Fsp3) is 0.455. The lowest BCUT2D eigenvalue weighted by molar-refractivity contribution is 0.0650. The summed E-state index contributed by atoms with van der Waals surface area (Å²) in [6, 6.07) is 3.26. The lowest BCUT2D eigenvalue weighted by Crippen LogP contribution is -2.31. The van der Waals surface area contributed by atoms with Crippen molar-refractivity contribution in [2.75, 3.05) is 32.4 Å². The number of anilines is 1. The number of carbonyl (C=O) groups excluding carboxylic acids is 1. The topological polar surface area (TPSA) is 72.5 Å². The van der Waals surface area contributed by atoms with Gasteiger partial charge < -0.3 is 14.8 Å². The van der Waals surface area contributed by atoms with E-state index in [-0.39, 0.29) is 12.8 Å². The molecule has 2 N–H and O–H groups in total. The number of pyridine rings is 1. The maximum atomic E-state index is 11.4. The van der Waals surface area contributed by atoms with Gasteiger partial charge in [-0.25, -0.2) is 9.78 Å². The van der Waals surface area contributed by atoms with Gasteiger partial charge in [0.05, 0.1) is 13.2 Å². The van der Waals surface area contributed by atoms with Crippen molar-refractivity contribution in [3.63, 3.8) is 0 Å². The quantitative estimate of drug-likeness (QED) is 0.576. The smallest absolute Gasteiger partial charge is 0.322 e. The molecule has 0 aliphatic rings. The lowest BCUT2D eigenvalue weighted by Gasteiger charge is -2.07. The van der Waals surface area contributed by atoms with Crippen LogP contribution in [0, 0.1) is 6.92 Å². The molecular formula is C11H17N3O3. The molecule has 1 heterocycles. The molecule has 94 valence electrons. The number of carbonyl (C=O) groups is 1. The molecule has 0 bridgehead atoms. The molecule has 1 aromatic heterocycles. The summed E-state index contributed by atoms with van der Waals surface area (Å²) >= 11 is 0. The van der Waals surface area contributed by atoms with Crippen LogP contribution in [-0.4, -0.2) is 38.1 Å². The SMILES string of the molecule is COCCOCNC(=O)Nc1ccc(C)cn1. The maximum absolute atomic E-state index is 11.4. The summed E-state index contributed by atoms with van der Waals surface area (Å²) in [5.41, 5.74) is 1.04. The third-order valence-electron chi connectivity index (χ3n) is 1.92. The molecule has 0 spiro atoms. The summed E-state index contributed by atoms with van der Waals surface area (Å²) in [5, 5.41) is 5.12. The normalized spacial score (nSPS) is 10.0. The standard InChI is InChI=1S/C11H17N3O3/c1-9-3-4-10(12-7-9)14-11(15)13-8-17-6-5-16-2/h3-4,7H,5-6,8H2,1-2H3,(H2,12,13,14,15). The molecule has 6 heteroatoms. The molecule has 0 fully saturated rings.